The van der Waals surface area contributed by atoms with Gasteiger partial charge in [-0.25, -0.2) is 9.50 Å². The Labute approximate surface area is 227 Å². The first-order valence-corrected chi connectivity index (χ1v) is 13.1. The van der Waals surface area contributed by atoms with E-state index in [9.17, 15) is 20.0 Å². The summed E-state index contributed by atoms with van der Waals surface area (Å²) in [6.45, 7) is 4.41. The number of carbonyl (C=O) groups excluding carboxylic acids is 2. The Hall–Kier alpha value is -3.31. The molecule has 214 valence electrons. The molecule has 1 unspecified atom stereocenters. The molecule has 13 heteroatoms. The van der Waals surface area contributed by atoms with E-state index in [0.29, 0.717) is 5.52 Å². The van der Waals surface area contributed by atoms with Crippen LogP contribution in [0.25, 0.3) is 5.52 Å². The number of hydrogen-bond donors (Lipinski definition) is 3. The smallest absolute Gasteiger partial charge is 0.323 e. The average molecular weight is 547 g/mol. The van der Waals surface area contributed by atoms with Gasteiger partial charge in [-0.2, -0.15) is 10.4 Å². The minimum Gasteiger partial charge on any atom is -0.461 e. The van der Waals surface area contributed by atoms with Gasteiger partial charge in [0.1, 0.15) is 36.2 Å². The Balaban J connectivity index is 1.72. The van der Waals surface area contributed by atoms with Gasteiger partial charge in [0.2, 0.25) is 5.60 Å². The quantitative estimate of drug-likeness (QED) is 0.188. The van der Waals surface area contributed by atoms with Crippen LogP contribution in [0.15, 0.2) is 18.5 Å². The number of carbonyl (C=O) groups is 2. The summed E-state index contributed by atoms with van der Waals surface area (Å²) in [5, 5.41) is 28.6. The zero-order valence-corrected chi connectivity index (χ0v) is 22.8. The van der Waals surface area contributed by atoms with E-state index in [-0.39, 0.29) is 30.3 Å². The number of nitrogens with two attached hydrogens (primary N) is 1. The zero-order valence-electron chi connectivity index (χ0n) is 22.8. The number of esters is 2. The molecular weight excluding hydrogens is 508 g/mol. The van der Waals surface area contributed by atoms with Crippen LogP contribution in [0.1, 0.15) is 64.7 Å². The third-order valence-corrected chi connectivity index (χ3v) is 6.83. The van der Waals surface area contributed by atoms with E-state index >= 15 is 0 Å². The summed E-state index contributed by atoms with van der Waals surface area (Å²) in [5.41, 5.74) is 4.68. The van der Waals surface area contributed by atoms with Gasteiger partial charge in [0, 0.05) is 7.11 Å². The molecule has 0 spiro atoms. The van der Waals surface area contributed by atoms with E-state index < -0.39 is 42.3 Å². The number of aliphatic hydroxyl groups excluding tert-OH is 1. The van der Waals surface area contributed by atoms with E-state index in [1.54, 1.807) is 32.9 Å². The molecule has 3 rings (SSSR count). The molecule has 0 aromatic carbocycles. The summed E-state index contributed by atoms with van der Waals surface area (Å²) < 4.78 is 23.7. The van der Waals surface area contributed by atoms with Crippen LogP contribution >= 0.6 is 0 Å². The van der Waals surface area contributed by atoms with Crippen molar-refractivity contribution >= 4 is 23.3 Å². The second-order valence-corrected chi connectivity index (χ2v) is 9.98. The summed E-state index contributed by atoms with van der Waals surface area (Å²) in [5.74, 6) is -1.32. The summed E-state index contributed by atoms with van der Waals surface area (Å²) in [6.07, 6.45) is 3.08. The van der Waals surface area contributed by atoms with Gasteiger partial charge in [-0.3, -0.25) is 14.9 Å². The van der Waals surface area contributed by atoms with Gasteiger partial charge in [0.05, 0.1) is 24.9 Å². The second-order valence-electron chi connectivity index (χ2n) is 9.98. The van der Waals surface area contributed by atoms with Gasteiger partial charge in [0.15, 0.2) is 11.9 Å². The standard InChI is InChI=1S/C26H38N6O7/c1-16(2)24(34)39-21(19-10-11-20-23(28)29-14-31-32(19)20)22(33)26(12-27,36-4)13-37-15-30-17(3)25(35)38-18-8-6-5-7-9-18/h10-11,14,16-18,21-22,30,33H,5-9,13,15H2,1-4H3,(H2,28,29,31)/t17-,21-,22-,26?/m0/s1. The highest BCUT2D eigenvalue weighted by molar-refractivity contribution is 5.75. The molecule has 1 aliphatic carbocycles. The van der Waals surface area contributed by atoms with Crippen molar-refractivity contribution in [2.45, 2.75) is 82.8 Å². The lowest BCUT2D eigenvalue weighted by Crippen LogP contribution is -2.52. The minimum absolute atomic E-state index is 0.0671. The number of nitrogens with one attached hydrogen (secondary N) is 1. The molecule has 2 aromatic rings. The van der Waals surface area contributed by atoms with Crippen LogP contribution in [0, 0.1) is 17.2 Å². The number of ether oxygens (including phenoxy) is 4. The van der Waals surface area contributed by atoms with Crippen molar-refractivity contribution in [3.8, 4) is 6.07 Å². The van der Waals surface area contributed by atoms with Gasteiger partial charge in [-0.15, -0.1) is 0 Å². The SMILES string of the molecule is COC(C#N)(COCN[C@@H](C)C(=O)OC1CCCCC1)[C@@H](O)[C@@H](OC(=O)C(C)C)c1ccc2c(N)ncnn12. The van der Waals surface area contributed by atoms with Crippen LogP contribution in [-0.2, 0) is 28.5 Å². The van der Waals surface area contributed by atoms with Crippen LogP contribution in [0.4, 0.5) is 5.82 Å². The normalized spacial score (nSPS) is 18.2. The Morgan fingerprint density at radius 2 is 1.97 bits per heavy atom. The number of rotatable bonds is 13. The van der Waals surface area contributed by atoms with Crippen molar-refractivity contribution in [2.75, 3.05) is 26.2 Å². The number of aromatic nitrogens is 3. The molecule has 1 saturated carbocycles. The number of anilines is 1. The molecule has 0 aliphatic heterocycles. The average Bonchev–Trinajstić information content (AvgIpc) is 3.37. The molecule has 2 heterocycles. The molecule has 4 N–H and O–H groups in total. The lowest BCUT2D eigenvalue weighted by atomic mass is 9.92. The van der Waals surface area contributed by atoms with Crippen LogP contribution < -0.4 is 11.1 Å². The van der Waals surface area contributed by atoms with Gasteiger partial charge < -0.3 is 29.8 Å². The Morgan fingerprint density at radius 1 is 1.26 bits per heavy atom. The van der Waals surface area contributed by atoms with Crippen LogP contribution in [0.2, 0.25) is 0 Å². The highest BCUT2D eigenvalue weighted by Crippen LogP contribution is 2.33. The first kappa shape index (κ1) is 30.2. The topological polar surface area (TPSA) is 183 Å². The number of nitrogen functional groups attached to an aromatic ring is 1. The van der Waals surface area contributed by atoms with Crippen molar-refractivity contribution in [2.24, 2.45) is 5.92 Å². The molecule has 0 saturated heterocycles. The number of methoxy groups -OCH3 is 1. The molecule has 4 atom stereocenters. The third kappa shape index (κ3) is 7.21. The summed E-state index contributed by atoms with van der Waals surface area (Å²) in [7, 11) is 1.24. The fourth-order valence-electron chi connectivity index (χ4n) is 4.31. The molecule has 13 nitrogen and oxygen atoms in total. The van der Waals surface area contributed by atoms with E-state index in [1.807, 2.05) is 6.07 Å². The first-order valence-electron chi connectivity index (χ1n) is 13.1. The molecule has 39 heavy (non-hydrogen) atoms. The monoisotopic (exact) mass is 546 g/mol. The molecule has 0 amide bonds. The fraction of sp³-hybridized carbons (Fsp3) is 0.654. The highest BCUT2D eigenvalue weighted by Gasteiger charge is 2.47. The number of hydrogen-bond acceptors (Lipinski definition) is 12. The molecule has 1 fully saturated rings. The Morgan fingerprint density at radius 3 is 2.62 bits per heavy atom. The predicted octanol–water partition coefficient (Wildman–Crippen LogP) is 1.65. The molecule has 2 aromatic heterocycles. The van der Waals surface area contributed by atoms with Gasteiger partial charge in [0.25, 0.3) is 0 Å². The maximum Gasteiger partial charge on any atom is 0.323 e. The van der Waals surface area contributed by atoms with E-state index in [4.69, 9.17) is 24.7 Å². The largest absolute Gasteiger partial charge is 0.461 e. The van der Waals surface area contributed by atoms with Crippen LogP contribution in [0.5, 0.6) is 0 Å². The van der Waals surface area contributed by atoms with Crippen molar-refractivity contribution < 1.29 is 33.6 Å². The summed E-state index contributed by atoms with van der Waals surface area (Å²) in [4.78, 5) is 28.9. The highest BCUT2D eigenvalue weighted by atomic mass is 16.6. The number of nitriles is 1. The molecule has 1 aliphatic rings. The number of aliphatic hydroxyl groups is 1. The van der Waals surface area contributed by atoms with Gasteiger partial charge in [-0.05, 0) is 44.7 Å². The van der Waals surface area contributed by atoms with Crippen LogP contribution in [-0.4, -0.2) is 75.9 Å². The maximum atomic E-state index is 12.6. The molecule has 0 bridgehead atoms. The van der Waals surface area contributed by atoms with Crippen molar-refractivity contribution in [1.82, 2.24) is 19.9 Å². The van der Waals surface area contributed by atoms with Crippen molar-refractivity contribution in [3.63, 3.8) is 0 Å². The Kier molecular flexibility index (Phi) is 10.6. The lowest BCUT2D eigenvalue weighted by Gasteiger charge is -2.34. The first-order chi connectivity index (χ1) is 18.6. The Bertz CT molecular complexity index is 1160. The lowest BCUT2D eigenvalue weighted by molar-refractivity contribution is -0.180. The van der Waals surface area contributed by atoms with Crippen molar-refractivity contribution in [3.05, 3.63) is 24.2 Å². The molecular formula is C26H38N6O7. The van der Waals surface area contributed by atoms with Gasteiger partial charge >= 0.3 is 11.9 Å². The van der Waals surface area contributed by atoms with E-state index in [2.05, 4.69) is 15.4 Å². The maximum absolute atomic E-state index is 12.6. The number of nitrogens with zero attached hydrogens (tertiary/aromatic N) is 4. The summed E-state index contributed by atoms with van der Waals surface area (Å²) in [6, 6.07) is 4.50. The van der Waals surface area contributed by atoms with Crippen LogP contribution in [0.3, 0.4) is 0 Å². The third-order valence-electron chi connectivity index (χ3n) is 6.83. The summed E-state index contributed by atoms with van der Waals surface area (Å²) >= 11 is 0. The molecule has 0 radical (unpaired) electrons. The predicted molar refractivity (Wildman–Crippen MR) is 139 cm³/mol. The zero-order chi connectivity index (χ0) is 28.6. The van der Waals surface area contributed by atoms with Crippen molar-refractivity contribution in [1.29, 1.82) is 5.26 Å². The number of fused-ring (bicyclic) bond motifs is 1. The fourth-order valence-corrected chi connectivity index (χ4v) is 4.31. The minimum atomic E-state index is -1.95. The second kappa shape index (κ2) is 13.7. The van der Waals surface area contributed by atoms with Gasteiger partial charge in [-0.1, -0.05) is 20.3 Å². The van der Waals surface area contributed by atoms with E-state index in [1.165, 1.54) is 18.0 Å². The van der Waals surface area contributed by atoms with E-state index in [0.717, 1.165) is 32.1 Å².